The highest BCUT2D eigenvalue weighted by molar-refractivity contribution is 5.93. The van der Waals surface area contributed by atoms with Crippen molar-refractivity contribution in [3.63, 3.8) is 0 Å². The lowest BCUT2D eigenvalue weighted by Gasteiger charge is -2.17. The van der Waals surface area contributed by atoms with Gasteiger partial charge >= 0.3 is 11.9 Å². The summed E-state index contributed by atoms with van der Waals surface area (Å²) in [6.07, 6.45) is -3.29. The summed E-state index contributed by atoms with van der Waals surface area (Å²) in [7, 11) is 0. The van der Waals surface area contributed by atoms with Gasteiger partial charge in [-0.2, -0.15) is 0 Å². The van der Waals surface area contributed by atoms with Gasteiger partial charge in [0.15, 0.2) is 6.10 Å². The van der Waals surface area contributed by atoms with Crippen LogP contribution >= 0.6 is 0 Å². The molecule has 2 unspecified atom stereocenters. The summed E-state index contributed by atoms with van der Waals surface area (Å²) in [4.78, 5) is 22.0. The van der Waals surface area contributed by atoms with Crippen LogP contribution in [-0.2, 0) is 9.53 Å². The van der Waals surface area contributed by atoms with Crippen molar-refractivity contribution >= 4 is 17.6 Å². The first-order chi connectivity index (χ1) is 8.88. The van der Waals surface area contributed by atoms with Gasteiger partial charge in [-0.1, -0.05) is 6.07 Å². The van der Waals surface area contributed by atoms with Gasteiger partial charge in [0.2, 0.25) is 0 Å². The van der Waals surface area contributed by atoms with Gasteiger partial charge in [-0.05, 0) is 24.6 Å². The SMILES string of the molecule is CCOC(=O)C(O)C(O)c1ccc(C(=O)O)c(N)c1. The second kappa shape index (κ2) is 6.17. The summed E-state index contributed by atoms with van der Waals surface area (Å²) in [6.45, 7) is 1.64. The molecule has 2 atom stereocenters. The molecule has 1 rings (SSSR count). The molecule has 0 aromatic heterocycles. The number of anilines is 1. The van der Waals surface area contributed by atoms with Crippen LogP contribution in [0.3, 0.4) is 0 Å². The van der Waals surface area contributed by atoms with E-state index in [2.05, 4.69) is 4.74 Å². The molecule has 7 nitrogen and oxygen atoms in total. The quantitative estimate of drug-likeness (QED) is 0.434. The molecular weight excluding hydrogens is 254 g/mol. The summed E-state index contributed by atoms with van der Waals surface area (Å²) >= 11 is 0. The summed E-state index contributed by atoms with van der Waals surface area (Å²) in [5.41, 5.74) is 5.44. The molecular formula is C12H15NO6. The lowest BCUT2D eigenvalue weighted by atomic mass is 10.0. The van der Waals surface area contributed by atoms with E-state index in [1.807, 2.05) is 0 Å². The molecule has 19 heavy (non-hydrogen) atoms. The minimum Gasteiger partial charge on any atom is -0.478 e. The zero-order valence-corrected chi connectivity index (χ0v) is 10.2. The van der Waals surface area contributed by atoms with Crippen LogP contribution < -0.4 is 5.73 Å². The highest BCUT2D eigenvalue weighted by atomic mass is 16.5. The molecule has 0 aliphatic heterocycles. The number of carboxylic acids is 1. The fraction of sp³-hybridized carbons (Fsp3) is 0.333. The zero-order valence-electron chi connectivity index (χ0n) is 10.2. The average molecular weight is 269 g/mol. The van der Waals surface area contributed by atoms with Gasteiger partial charge in [-0.15, -0.1) is 0 Å². The minimum absolute atomic E-state index is 0.0693. The third-order valence-corrected chi connectivity index (χ3v) is 2.47. The summed E-state index contributed by atoms with van der Waals surface area (Å²) in [6, 6.07) is 3.65. The van der Waals surface area contributed by atoms with E-state index in [-0.39, 0.29) is 23.4 Å². The molecule has 0 amide bonds. The van der Waals surface area contributed by atoms with E-state index in [0.29, 0.717) is 0 Å². The molecule has 0 heterocycles. The number of aliphatic hydroxyl groups is 2. The number of carbonyl (C=O) groups excluding carboxylic acids is 1. The number of hydrogen-bond acceptors (Lipinski definition) is 6. The third-order valence-electron chi connectivity index (χ3n) is 2.47. The van der Waals surface area contributed by atoms with Gasteiger partial charge in [0.1, 0.15) is 6.10 Å². The summed E-state index contributed by atoms with van der Waals surface area (Å²) < 4.78 is 4.56. The molecule has 0 fully saturated rings. The van der Waals surface area contributed by atoms with Crippen LogP contribution in [0.25, 0.3) is 0 Å². The molecule has 0 bridgehead atoms. The van der Waals surface area contributed by atoms with Crippen LogP contribution in [-0.4, -0.2) is 40.0 Å². The molecule has 0 saturated heterocycles. The van der Waals surface area contributed by atoms with Crippen LogP contribution in [0.5, 0.6) is 0 Å². The standard InChI is InChI=1S/C12H15NO6/c1-2-19-12(18)10(15)9(14)6-3-4-7(11(16)17)8(13)5-6/h3-5,9-10,14-15H,2,13H2,1H3,(H,16,17). The lowest BCUT2D eigenvalue weighted by molar-refractivity contribution is -0.159. The van der Waals surface area contributed by atoms with Crippen molar-refractivity contribution in [1.82, 2.24) is 0 Å². The third kappa shape index (κ3) is 3.43. The number of nitrogens with two attached hydrogens (primary N) is 1. The van der Waals surface area contributed by atoms with Crippen molar-refractivity contribution < 1.29 is 29.6 Å². The van der Waals surface area contributed by atoms with Crippen LogP contribution in [0.15, 0.2) is 18.2 Å². The van der Waals surface area contributed by atoms with E-state index in [4.69, 9.17) is 10.8 Å². The topological polar surface area (TPSA) is 130 Å². The predicted molar refractivity (Wildman–Crippen MR) is 65.4 cm³/mol. The Morgan fingerprint density at radius 3 is 2.47 bits per heavy atom. The maximum absolute atomic E-state index is 11.3. The molecule has 0 aliphatic rings. The molecule has 0 spiro atoms. The lowest BCUT2D eigenvalue weighted by Crippen LogP contribution is -2.30. The highest BCUT2D eigenvalue weighted by Gasteiger charge is 2.27. The van der Waals surface area contributed by atoms with Gasteiger partial charge in [-0.25, -0.2) is 9.59 Å². The fourth-order valence-electron chi connectivity index (χ4n) is 1.50. The monoisotopic (exact) mass is 269 g/mol. The van der Waals surface area contributed by atoms with E-state index in [9.17, 15) is 19.8 Å². The number of carbonyl (C=O) groups is 2. The maximum Gasteiger partial charge on any atom is 0.338 e. The molecule has 1 aromatic carbocycles. The average Bonchev–Trinajstić information content (AvgIpc) is 2.36. The Bertz CT molecular complexity index is 487. The number of hydrogen-bond donors (Lipinski definition) is 4. The van der Waals surface area contributed by atoms with Crippen LogP contribution in [0.1, 0.15) is 28.9 Å². The predicted octanol–water partition coefficient (Wildman–Crippen LogP) is -0.0756. The smallest absolute Gasteiger partial charge is 0.338 e. The molecule has 104 valence electrons. The number of aliphatic hydroxyl groups excluding tert-OH is 2. The molecule has 5 N–H and O–H groups in total. The van der Waals surface area contributed by atoms with Crippen LogP contribution in [0, 0.1) is 0 Å². The van der Waals surface area contributed by atoms with Crippen LogP contribution in [0.2, 0.25) is 0 Å². The Hall–Kier alpha value is -2.12. The van der Waals surface area contributed by atoms with E-state index in [1.54, 1.807) is 6.92 Å². The van der Waals surface area contributed by atoms with E-state index in [1.165, 1.54) is 18.2 Å². The molecule has 0 aliphatic carbocycles. The normalized spacial score (nSPS) is 13.6. The highest BCUT2D eigenvalue weighted by Crippen LogP contribution is 2.22. The van der Waals surface area contributed by atoms with Crippen molar-refractivity contribution in [1.29, 1.82) is 0 Å². The largest absolute Gasteiger partial charge is 0.478 e. The molecule has 1 aromatic rings. The van der Waals surface area contributed by atoms with Crippen molar-refractivity contribution in [2.45, 2.75) is 19.1 Å². The van der Waals surface area contributed by atoms with E-state index < -0.39 is 24.1 Å². The van der Waals surface area contributed by atoms with Crippen molar-refractivity contribution in [2.24, 2.45) is 0 Å². The second-order valence-electron chi connectivity index (χ2n) is 3.79. The Labute approximate surface area is 109 Å². The Morgan fingerprint density at radius 2 is 2.00 bits per heavy atom. The Kier molecular flexibility index (Phi) is 4.85. The van der Waals surface area contributed by atoms with Crippen molar-refractivity contribution in [3.05, 3.63) is 29.3 Å². The molecule has 7 heteroatoms. The molecule has 0 radical (unpaired) electrons. The number of esters is 1. The van der Waals surface area contributed by atoms with E-state index in [0.717, 1.165) is 0 Å². The van der Waals surface area contributed by atoms with Gasteiger partial charge in [0.05, 0.1) is 12.2 Å². The van der Waals surface area contributed by atoms with Crippen LogP contribution in [0.4, 0.5) is 5.69 Å². The number of nitrogen functional groups attached to an aromatic ring is 1. The van der Waals surface area contributed by atoms with Crippen molar-refractivity contribution in [3.8, 4) is 0 Å². The molecule has 0 saturated carbocycles. The zero-order chi connectivity index (χ0) is 14.6. The Balaban J connectivity index is 2.94. The van der Waals surface area contributed by atoms with E-state index >= 15 is 0 Å². The first-order valence-corrected chi connectivity index (χ1v) is 5.54. The summed E-state index contributed by atoms with van der Waals surface area (Å²) in [5.74, 6) is -2.17. The maximum atomic E-state index is 11.3. The van der Waals surface area contributed by atoms with Gasteiger partial charge in [-0.3, -0.25) is 0 Å². The number of rotatable bonds is 5. The minimum atomic E-state index is -1.75. The fourth-order valence-corrected chi connectivity index (χ4v) is 1.50. The number of benzene rings is 1. The number of ether oxygens (including phenoxy) is 1. The first-order valence-electron chi connectivity index (χ1n) is 5.54. The van der Waals surface area contributed by atoms with Gasteiger partial charge in [0, 0.05) is 5.69 Å². The second-order valence-corrected chi connectivity index (χ2v) is 3.79. The summed E-state index contributed by atoms with van der Waals surface area (Å²) in [5, 5.41) is 28.1. The van der Waals surface area contributed by atoms with Gasteiger partial charge in [0.25, 0.3) is 0 Å². The number of carboxylic acid groups (broad SMARTS) is 1. The number of aromatic carboxylic acids is 1. The van der Waals surface area contributed by atoms with Crippen molar-refractivity contribution in [2.75, 3.05) is 12.3 Å². The van der Waals surface area contributed by atoms with Gasteiger partial charge < -0.3 is 25.8 Å². The first kappa shape index (κ1) is 14.9. The Morgan fingerprint density at radius 1 is 1.37 bits per heavy atom.